The van der Waals surface area contributed by atoms with Gasteiger partial charge in [-0.1, -0.05) is 35.9 Å². The van der Waals surface area contributed by atoms with Crippen molar-refractivity contribution in [2.45, 2.75) is 13.8 Å². The van der Waals surface area contributed by atoms with Gasteiger partial charge in [-0.3, -0.25) is 0 Å². The van der Waals surface area contributed by atoms with Gasteiger partial charge in [0.25, 0.3) is 0 Å². The van der Waals surface area contributed by atoms with Gasteiger partial charge in [0.15, 0.2) is 5.69 Å². The SMILES string of the molecule is COC(=O)c1cc(-c2cccc(C)c2)n(-c2cccc(C)c2)n1. The molecule has 0 atom stereocenters. The third kappa shape index (κ3) is 3.01. The molecule has 3 rings (SSSR count). The van der Waals surface area contributed by atoms with E-state index in [0.717, 1.165) is 28.1 Å². The Labute approximate surface area is 135 Å². The Morgan fingerprint density at radius 3 is 2.35 bits per heavy atom. The predicted octanol–water partition coefficient (Wildman–Crippen LogP) is 3.94. The molecule has 0 spiro atoms. The second-order valence-electron chi connectivity index (χ2n) is 5.53. The molecule has 116 valence electrons. The first-order valence-electron chi connectivity index (χ1n) is 7.41. The lowest BCUT2D eigenvalue weighted by Crippen LogP contribution is -2.04. The topological polar surface area (TPSA) is 44.1 Å². The van der Waals surface area contributed by atoms with E-state index in [1.165, 1.54) is 7.11 Å². The first-order valence-corrected chi connectivity index (χ1v) is 7.41. The average Bonchev–Trinajstić information content (AvgIpc) is 2.99. The molecule has 0 saturated carbocycles. The predicted molar refractivity (Wildman–Crippen MR) is 89.8 cm³/mol. The molecule has 1 aromatic heterocycles. The molecule has 2 aromatic carbocycles. The van der Waals surface area contributed by atoms with E-state index in [0.29, 0.717) is 5.69 Å². The van der Waals surface area contributed by atoms with Gasteiger partial charge in [0.05, 0.1) is 18.5 Å². The van der Waals surface area contributed by atoms with Crippen molar-refractivity contribution >= 4 is 5.97 Å². The average molecular weight is 306 g/mol. The first kappa shape index (κ1) is 15.0. The lowest BCUT2D eigenvalue weighted by molar-refractivity contribution is 0.0593. The molecule has 3 aromatic rings. The fourth-order valence-corrected chi connectivity index (χ4v) is 2.55. The Morgan fingerprint density at radius 2 is 1.70 bits per heavy atom. The molecule has 0 aliphatic rings. The molecule has 4 nitrogen and oxygen atoms in total. The largest absolute Gasteiger partial charge is 0.464 e. The minimum absolute atomic E-state index is 0.297. The maximum absolute atomic E-state index is 11.9. The lowest BCUT2D eigenvalue weighted by atomic mass is 10.1. The molecule has 0 aliphatic carbocycles. The van der Waals surface area contributed by atoms with Crippen LogP contribution in [0.1, 0.15) is 21.6 Å². The van der Waals surface area contributed by atoms with Gasteiger partial charge in [0.2, 0.25) is 0 Å². The van der Waals surface area contributed by atoms with E-state index in [-0.39, 0.29) is 0 Å². The molecule has 0 radical (unpaired) electrons. The molecular formula is C19H18N2O2. The number of hydrogen-bond donors (Lipinski definition) is 0. The monoisotopic (exact) mass is 306 g/mol. The Hall–Kier alpha value is -2.88. The number of benzene rings is 2. The summed E-state index contributed by atoms with van der Waals surface area (Å²) in [6, 6.07) is 17.9. The van der Waals surface area contributed by atoms with Gasteiger partial charge in [0.1, 0.15) is 0 Å². The molecule has 4 heteroatoms. The second kappa shape index (κ2) is 6.08. The lowest BCUT2D eigenvalue weighted by Gasteiger charge is -2.09. The van der Waals surface area contributed by atoms with Gasteiger partial charge in [-0.25, -0.2) is 9.48 Å². The second-order valence-corrected chi connectivity index (χ2v) is 5.53. The van der Waals surface area contributed by atoms with Crippen molar-refractivity contribution in [2.75, 3.05) is 7.11 Å². The molecule has 23 heavy (non-hydrogen) atoms. The number of nitrogens with zero attached hydrogens (tertiary/aromatic N) is 2. The number of carbonyl (C=O) groups excluding carboxylic acids is 1. The Balaban J connectivity index is 2.21. The van der Waals surface area contributed by atoms with Crippen molar-refractivity contribution in [3.63, 3.8) is 0 Å². The zero-order valence-corrected chi connectivity index (χ0v) is 13.4. The Bertz CT molecular complexity index is 802. The van der Waals surface area contributed by atoms with E-state index >= 15 is 0 Å². The van der Waals surface area contributed by atoms with Crippen molar-refractivity contribution in [1.82, 2.24) is 9.78 Å². The molecule has 1 heterocycles. The van der Waals surface area contributed by atoms with Crippen molar-refractivity contribution < 1.29 is 9.53 Å². The summed E-state index contributed by atoms with van der Waals surface area (Å²) >= 11 is 0. The van der Waals surface area contributed by atoms with E-state index in [1.807, 2.05) is 56.3 Å². The van der Waals surface area contributed by atoms with Crippen LogP contribution < -0.4 is 0 Å². The van der Waals surface area contributed by atoms with Crippen molar-refractivity contribution in [2.24, 2.45) is 0 Å². The number of carbonyl (C=O) groups is 1. The fourth-order valence-electron chi connectivity index (χ4n) is 2.55. The highest BCUT2D eigenvalue weighted by Crippen LogP contribution is 2.25. The summed E-state index contributed by atoms with van der Waals surface area (Å²) < 4.78 is 6.59. The third-order valence-corrected chi connectivity index (χ3v) is 3.66. The summed E-state index contributed by atoms with van der Waals surface area (Å²) in [4.78, 5) is 11.9. The quantitative estimate of drug-likeness (QED) is 0.688. The molecule has 0 fully saturated rings. The van der Waals surface area contributed by atoms with Gasteiger partial charge in [-0.05, 0) is 43.7 Å². The number of aryl methyl sites for hydroxylation is 2. The summed E-state index contributed by atoms with van der Waals surface area (Å²) in [7, 11) is 1.36. The smallest absolute Gasteiger partial charge is 0.358 e. The van der Waals surface area contributed by atoms with E-state index in [9.17, 15) is 4.79 Å². The van der Waals surface area contributed by atoms with Gasteiger partial charge in [0, 0.05) is 5.56 Å². The Kier molecular flexibility index (Phi) is 3.98. The zero-order valence-electron chi connectivity index (χ0n) is 13.4. The normalized spacial score (nSPS) is 10.6. The van der Waals surface area contributed by atoms with Crippen LogP contribution in [0.15, 0.2) is 54.6 Å². The van der Waals surface area contributed by atoms with Crippen LogP contribution >= 0.6 is 0 Å². The molecule has 0 aliphatic heterocycles. The summed E-state index contributed by atoms with van der Waals surface area (Å²) in [6.45, 7) is 4.07. The minimum atomic E-state index is -0.440. The van der Waals surface area contributed by atoms with Gasteiger partial charge in [-0.2, -0.15) is 5.10 Å². The molecule has 0 unspecified atom stereocenters. The highest BCUT2D eigenvalue weighted by Gasteiger charge is 2.17. The maximum atomic E-state index is 11.9. The van der Waals surface area contributed by atoms with Crippen LogP contribution in [0.2, 0.25) is 0 Å². The van der Waals surface area contributed by atoms with Crippen LogP contribution in [-0.2, 0) is 4.74 Å². The number of ether oxygens (including phenoxy) is 1. The van der Waals surface area contributed by atoms with E-state index in [1.54, 1.807) is 10.7 Å². The number of hydrogen-bond acceptors (Lipinski definition) is 3. The van der Waals surface area contributed by atoms with Crippen LogP contribution in [0.25, 0.3) is 16.9 Å². The van der Waals surface area contributed by atoms with Crippen molar-refractivity contribution in [3.05, 3.63) is 71.4 Å². The van der Waals surface area contributed by atoms with E-state index in [4.69, 9.17) is 4.74 Å². The minimum Gasteiger partial charge on any atom is -0.464 e. The van der Waals surface area contributed by atoms with Crippen molar-refractivity contribution in [1.29, 1.82) is 0 Å². The van der Waals surface area contributed by atoms with E-state index in [2.05, 4.69) is 11.2 Å². The van der Waals surface area contributed by atoms with Crippen LogP contribution in [0.4, 0.5) is 0 Å². The van der Waals surface area contributed by atoms with Crippen LogP contribution in [0, 0.1) is 13.8 Å². The summed E-state index contributed by atoms with van der Waals surface area (Å²) in [5.41, 5.74) is 5.36. The fraction of sp³-hybridized carbons (Fsp3) is 0.158. The molecular weight excluding hydrogens is 288 g/mol. The van der Waals surface area contributed by atoms with Gasteiger partial charge in [-0.15, -0.1) is 0 Å². The van der Waals surface area contributed by atoms with Gasteiger partial charge >= 0.3 is 5.97 Å². The maximum Gasteiger partial charge on any atom is 0.358 e. The molecule has 0 saturated heterocycles. The van der Waals surface area contributed by atoms with E-state index < -0.39 is 5.97 Å². The summed E-state index contributed by atoms with van der Waals surface area (Å²) in [5, 5.41) is 4.44. The van der Waals surface area contributed by atoms with Crippen LogP contribution in [0.5, 0.6) is 0 Å². The summed E-state index contributed by atoms with van der Waals surface area (Å²) in [6.07, 6.45) is 0. The van der Waals surface area contributed by atoms with Gasteiger partial charge < -0.3 is 4.74 Å². The zero-order chi connectivity index (χ0) is 16.4. The number of aromatic nitrogens is 2. The van der Waals surface area contributed by atoms with Crippen LogP contribution in [0.3, 0.4) is 0 Å². The third-order valence-electron chi connectivity index (χ3n) is 3.66. The number of rotatable bonds is 3. The number of esters is 1. The first-order chi connectivity index (χ1) is 11.1. The van der Waals surface area contributed by atoms with Crippen LogP contribution in [-0.4, -0.2) is 22.9 Å². The van der Waals surface area contributed by atoms with Crippen molar-refractivity contribution in [3.8, 4) is 16.9 Å². The highest BCUT2D eigenvalue weighted by atomic mass is 16.5. The Morgan fingerprint density at radius 1 is 1.00 bits per heavy atom. The molecule has 0 N–H and O–H groups in total. The molecule has 0 bridgehead atoms. The standard InChI is InChI=1S/C19H18N2O2/c1-13-6-4-8-15(10-13)18-12-17(19(22)23-3)20-21(18)16-9-5-7-14(2)11-16/h4-12H,1-3H3. The molecule has 0 amide bonds. The highest BCUT2D eigenvalue weighted by molar-refractivity contribution is 5.89. The number of methoxy groups -OCH3 is 1. The summed E-state index contributed by atoms with van der Waals surface area (Å²) in [5.74, 6) is -0.440.